The van der Waals surface area contributed by atoms with E-state index in [1.807, 2.05) is 0 Å². The first kappa shape index (κ1) is 16.0. The second-order valence-corrected chi connectivity index (χ2v) is 6.18. The van der Waals surface area contributed by atoms with Gasteiger partial charge in [-0.15, -0.1) is 5.10 Å². The summed E-state index contributed by atoms with van der Waals surface area (Å²) in [5, 5.41) is 20.6. The molecule has 0 atom stereocenters. The van der Waals surface area contributed by atoms with Crippen LogP contribution >= 0.6 is 11.3 Å². The minimum Gasteiger partial charge on any atom is -0.486 e. The highest BCUT2D eigenvalue weighted by molar-refractivity contribution is 7.17. The predicted molar refractivity (Wildman–Crippen MR) is 89.7 cm³/mol. The molecule has 26 heavy (non-hydrogen) atoms. The Balaban J connectivity index is 1.50. The summed E-state index contributed by atoms with van der Waals surface area (Å²) >= 11 is 0.756. The van der Waals surface area contributed by atoms with Crippen molar-refractivity contribution < 1.29 is 23.6 Å². The number of benzene rings is 1. The average Bonchev–Trinajstić information content (AvgIpc) is 3.31. The van der Waals surface area contributed by atoms with Gasteiger partial charge in [-0.2, -0.15) is 0 Å². The Morgan fingerprint density at radius 2 is 1.96 bits per heavy atom. The highest BCUT2D eigenvalue weighted by Gasteiger charge is 2.19. The second-order valence-electron chi connectivity index (χ2n) is 5.12. The van der Waals surface area contributed by atoms with E-state index < -0.39 is 10.8 Å². The van der Waals surface area contributed by atoms with Crippen LogP contribution in [0.4, 0.5) is 11.0 Å². The third-order valence-corrected chi connectivity index (χ3v) is 4.47. The number of aromatic nitrogens is 2. The number of nitrogens with one attached hydrogen (secondary N) is 1. The SMILES string of the molecule is O=C(Nc1nnc(-c2ccc3c(c2)OCCO3)o1)c1ccc([N+](=O)[O-])s1. The standard InChI is InChI=1S/C15H10N4O6S/c20-13(11-3-4-12(26-11)19(21)22)16-15-18-17-14(25-15)8-1-2-9-10(7-8)24-6-5-23-9/h1-4,7H,5-6H2,(H,16,18,20). The number of carbonyl (C=O) groups excluding carboxylic acids is 1. The second kappa shape index (κ2) is 6.44. The average molecular weight is 374 g/mol. The van der Waals surface area contributed by atoms with Gasteiger partial charge in [0.2, 0.25) is 5.89 Å². The quantitative estimate of drug-likeness (QED) is 0.545. The lowest BCUT2D eigenvalue weighted by atomic mass is 10.2. The van der Waals surface area contributed by atoms with Crippen LogP contribution in [-0.4, -0.2) is 34.2 Å². The molecule has 132 valence electrons. The van der Waals surface area contributed by atoms with E-state index in [0.717, 1.165) is 11.3 Å². The van der Waals surface area contributed by atoms with E-state index >= 15 is 0 Å². The van der Waals surface area contributed by atoms with E-state index in [1.54, 1.807) is 18.2 Å². The Kier molecular flexibility index (Phi) is 3.97. The molecule has 0 aliphatic carbocycles. The van der Waals surface area contributed by atoms with Gasteiger partial charge in [0.05, 0.1) is 9.80 Å². The molecule has 0 saturated heterocycles. The number of hydrogen-bond donors (Lipinski definition) is 1. The van der Waals surface area contributed by atoms with Crippen molar-refractivity contribution >= 4 is 28.3 Å². The first-order valence-electron chi connectivity index (χ1n) is 7.39. The van der Waals surface area contributed by atoms with Crippen LogP contribution in [0.3, 0.4) is 0 Å². The lowest BCUT2D eigenvalue weighted by Crippen LogP contribution is -2.15. The highest BCUT2D eigenvalue weighted by atomic mass is 32.1. The number of hydrogen-bond acceptors (Lipinski definition) is 9. The van der Waals surface area contributed by atoms with Gasteiger partial charge in [-0.1, -0.05) is 16.4 Å². The Morgan fingerprint density at radius 3 is 2.73 bits per heavy atom. The van der Waals surface area contributed by atoms with E-state index in [-0.39, 0.29) is 21.8 Å². The number of rotatable bonds is 4. The minimum absolute atomic E-state index is 0.115. The summed E-state index contributed by atoms with van der Waals surface area (Å²) in [5.74, 6) is 0.825. The van der Waals surface area contributed by atoms with E-state index in [1.165, 1.54) is 12.1 Å². The van der Waals surface area contributed by atoms with Gasteiger partial charge >= 0.3 is 11.0 Å². The number of ether oxygens (including phenoxy) is 2. The van der Waals surface area contributed by atoms with Gasteiger partial charge < -0.3 is 13.9 Å². The zero-order valence-electron chi connectivity index (χ0n) is 13.0. The predicted octanol–water partition coefficient (Wildman–Crippen LogP) is 2.73. The van der Waals surface area contributed by atoms with Crippen molar-refractivity contribution in [3.63, 3.8) is 0 Å². The molecule has 0 bridgehead atoms. The molecule has 0 radical (unpaired) electrons. The summed E-state index contributed by atoms with van der Waals surface area (Å²) in [7, 11) is 0. The number of nitro groups is 1. The van der Waals surface area contributed by atoms with Crippen LogP contribution < -0.4 is 14.8 Å². The number of anilines is 1. The van der Waals surface area contributed by atoms with Crippen LogP contribution in [0, 0.1) is 10.1 Å². The Bertz CT molecular complexity index is 998. The molecule has 4 rings (SSSR count). The molecular weight excluding hydrogens is 364 g/mol. The van der Waals surface area contributed by atoms with Crippen molar-refractivity contribution in [1.29, 1.82) is 0 Å². The number of thiophene rings is 1. The molecule has 1 N–H and O–H groups in total. The van der Waals surface area contributed by atoms with Crippen molar-refractivity contribution in [2.45, 2.75) is 0 Å². The maximum absolute atomic E-state index is 12.1. The molecule has 1 aliphatic heterocycles. The largest absolute Gasteiger partial charge is 0.486 e. The molecule has 1 amide bonds. The van der Waals surface area contributed by atoms with E-state index in [4.69, 9.17) is 13.9 Å². The molecule has 3 heterocycles. The maximum Gasteiger partial charge on any atom is 0.324 e. The molecule has 0 fully saturated rings. The monoisotopic (exact) mass is 374 g/mol. The fourth-order valence-electron chi connectivity index (χ4n) is 2.27. The third kappa shape index (κ3) is 3.07. The van der Waals surface area contributed by atoms with Crippen molar-refractivity contribution in [2.24, 2.45) is 0 Å². The highest BCUT2D eigenvalue weighted by Crippen LogP contribution is 2.34. The summed E-state index contributed by atoms with van der Waals surface area (Å²) in [6, 6.07) is 7.67. The normalized spacial score (nSPS) is 12.6. The lowest BCUT2D eigenvalue weighted by molar-refractivity contribution is -0.380. The fraction of sp³-hybridized carbons (Fsp3) is 0.133. The number of nitrogens with zero attached hydrogens (tertiary/aromatic N) is 3. The molecule has 10 nitrogen and oxygen atoms in total. The number of amides is 1. The molecule has 2 aromatic heterocycles. The Morgan fingerprint density at radius 1 is 1.15 bits per heavy atom. The minimum atomic E-state index is -0.569. The Labute approximate surface area is 149 Å². The Hall–Kier alpha value is -3.47. The van der Waals surface area contributed by atoms with Crippen molar-refractivity contribution in [1.82, 2.24) is 10.2 Å². The number of fused-ring (bicyclic) bond motifs is 1. The summed E-state index contributed by atoms with van der Waals surface area (Å²) in [6.07, 6.45) is 0. The summed E-state index contributed by atoms with van der Waals surface area (Å²) in [4.78, 5) is 22.4. The maximum atomic E-state index is 12.1. The van der Waals surface area contributed by atoms with Crippen LogP contribution in [0.1, 0.15) is 9.67 Å². The van der Waals surface area contributed by atoms with Gasteiger partial charge in [0, 0.05) is 11.6 Å². The molecule has 0 saturated carbocycles. The van der Waals surface area contributed by atoms with E-state index in [9.17, 15) is 14.9 Å². The summed E-state index contributed by atoms with van der Waals surface area (Å²) in [6.45, 7) is 0.943. The van der Waals surface area contributed by atoms with Gasteiger partial charge in [0.1, 0.15) is 13.2 Å². The van der Waals surface area contributed by atoms with Gasteiger partial charge in [-0.3, -0.25) is 20.2 Å². The van der Waals surface area contributed by atoms with Crippen molar-refractivity contribution in [3.05, 3.63) is 45.3 Å². The summed E-state index contributed by atoms with van der Waals surface area (Å²) in [5.41, 5.74) is 0.606. The zero-order chi connectivity index (χ0) is 18.1. The fourth-order valence-corrected chi connectivity index (χ4v) is 2.99. The van der Waals surface area contributed by atoms with E-state index in [0.29, 0.717) is 30.3 Å². The van der Waals surface area contributed by atoms with Crippen molar-refractivity contribution in [2.75, 3.05) is 18.5 Å². The molecular formula is C15H10N4O6S. The molecule has 0 spiro atoms. The van der Waals surface area contributed by atoms with Crippen LogP contribution in [0.15, 0.2) is 34.7 Å². The first-order valence-corrected chi connectivity index (χ1v) is 8.21. The van der Waals surface area contributed by atoms with Gasteiger partial charge in [-0.05, 0) is 24.3 Å². The molecule has 1 aromatic carbocycles. The van der Waals surface area contributed by atoms with Crippen LogP contribution in [0.2, 0.25) is 0 Å². The summed E-state index contributed by atoms with van der Waals surface area (Å²) < 4.78 is 16.4. The van der Waals surface area contributed by atoms with Gasteiger partial charge in [-0.25, -0.2) is 0 Å². The molecule has 3 aromatic rings. The third-order valence-electron chi connectivity index (χ3n) is 3.43. The van der Waals surface area contributed by atoms with Crippen LogP contribution in [0.5, 0.6) is 11.5 Å². The molecule has 0 unspecified atom stereocenters. The van der Waals surface area contributed by atoms with Crippen LogP contribution in [0.25, 0.3) is 11.5 Å². The molecule has 11 heteroatoms. The van der Waals surface area contributed by atoms with Crippen molar-refractivity contribution in [3.8, 4) is 23.0 Å². The van der Waals surface area contributed by atoms with Crippen LogP contribution in [-0.2, 0) is 0 Å². The first-order chi connectivity index (χ1) is 12.6. The lowest BCUT2D eigenvalue weighted by Gasteiger charge is -2.18. The van der Waals surface area contributed by atoms with Gasteiger partial charge in [0.15, 0.2) is 11.5 Å². The number of carbonyl (C=O) groups is 1. The molecule has 1 aliphatic rings. The zero-order valence-corrected chi connectivity index (χ0v) is 13.8. The van der Waals surface area contributed by atoms with E-state index in [2.05, 4.69) is 15.5 Å². The van der Waals surface area contributed by atoms with Gasteiger partial charge in [0.25, 0.3) is 5.91 Å². The topological polar surface area (TPSA) is 130 Å². The smallest absolute Gasteiger partial charge is 0.324 e.